The third-order valence-corrected chi connectivity index (χ3v) is 2.25. The molecule has 0 bridgehead atoms. The van der Waals surface area contributed by atoms with Crippen LogP contribution in [0.3, 0.4) is 0 Å². The van der Waals surface area contributed by atoms with E-state index in [1.54, 1.807) is 0 Å². The molecule has 0 spiro atoms. The Hall–Kier alpha value is -1.65. The van der Waals surface area contributed by atoms with Crippen LogP contribution in [0.15, 0.2) is 12.1 Å². The molecule has 17 heavy (non-hydrogen) atoms. The second-order valence-electron chi connectivity index (χ2n) is 3.70. The van der Waals surface area contributed by atoms with Crippen LogP contribution >= 0.6 is 0 Å². The smallest absolute Gasteiger partial charge is 0.344 e. The van der Waals surface area contributed by atoms with Crippen molar-refractivity contribution in [3.05, 3.63) is 29.3 Å². The van der Waals surface area contributed by atoms with E-state index in [9.17, 15) is 13.6 Å². The van der Waals surface area contributed by atoms with Crippen LogP contribution in [0.4, 0.5) is 14.5 Å². The van der Waals surface area contributed by atoms with Crippen LogP contribution in [0.25, 0.3) is 0 Å². The highest BCUT2D eigenvalue weighted by molar-refractivity contribution is 5.90. The third kappa shape index (κ3) is 3.69. The van der Waals surface area contributed by atoms with Gasteiger partial charge in [-0.2, -0.15) is 0 Å². The summed E-state index contributed by atoms with van der Waals surface area (Å²) in [6.07, 6.45) is 2.56. The number of unbranched alkanes of at least 4 members (excludes halogenated alkanes) is 2. The second kappa shape index (κ2) is 6.18. The van der Waals surface area contributed by atoms with Crippen molar-refractivity contribution in [2.75, 3.05) is 12.3 Å². The van der Waals surface area contributed by atoms with Crippen molar-refractivity contribution in [2.24, 2.45) is 0 Å². The Kier molecular flexibility index (Phi) is 4.87. The van der Waals surface area contributed by atoms with Gasteiger partial charge in [-0.1, -0.05) is 19.8 Å². The van der Waals surface area contributed by atoms with Crippen molar-refractivity contribution >= 4 is 11.7 Å². The zero-order valence-corrected chi connectivity index (χ0v) is 9.63. The summed E-state index contributed by atoms with van der Waals surface area (Å²) in [7, 11) is 0. The number of hydrogen-bond donors (Lipinski definition) is 1. The van der Waals surface area contributed by atoms with Crippen LogP contribution in [-0.2, 0) is 4.74 Å². The van der Waals surface area contributed by atoms with E-state index in [-0.39, 0.29) is 12.3 Å². The molecule has 0 radical (unpaired) electrons. The summed E-state index contributed by atoms with van der Waals surface area (Å²) in [4.78, 5) is 11.4. The number of hydrogen-bond acceptors (Lipinski definition) is 3. The normalized spacial score (nSPS) is 10.3. The maximum absolute atomic E-state index is 13.3. The molecule has 1 aromatic carbocycles. The monoisotopic (exact) mass is 243 g/mol. The molecule has 1 rings (SSSR count). The Labute approximate surface area is 98.6 Å². The lowest BCUT2D eigenvalue weighted by Crippen LogP contribution is -2.11. The SMILES string of the molecule is CCCCCOC(=O)c1c(F)cc(N)cc1F. The molecule has 0 amide bonds. The molecule has 0 aliphatic heterocycles. The molecule has 0 saturated carbocycles. The van der Waals surface area contributed by atoms with Crippen molar-refractivity contribution in [3.8, 4) is 0 Å². The summed E-state index contributed by atoms with van der Waals surface area (Å²) in [5.74, 6) is -2.98. The fourth-order valence-electron chi connectivity index (χ4n) is 1.38. The molecular formula is C12H15F2NO2. The largest absolute Gasteiger partial charge is 0.462 e. The summed E-state index contributed by atoms with van der Waals surface area (Å²) >= 11 is 0. The van der Waals surface area contributed by atoms with Crippen LogP contribution in [0.1, 0.15) is 36.5 Å². The van der Waals surface area contributed by atoms with Crippen molar-refractivity contribution in [3.63, 3.8) is 0 Å². The fourth-order valence-corrected chi connectivity index (χ4v) is 1.38. The van der Waals surface area contributed by atoms with Crippen molar-refractivity contribution in [1.82, 2.24) is 0 Å². The quantitative estimate of drug-likeness (QED) is 0.491. The van der Waals surface area contributed by atoms with Crippen molar-refractivity contribution in [1.29, 1.82) is 0 Å². The topological polar surface area (TPSA) is 52.3 Å². The molecule has 3 nitrogen and oxygen atoms in total. The first kappa shape index (κ1) is 13.4. The van der Waals surface area contributed by atoms with Crippen molar-refractivity contribution in [2.45, 2.75) is 26.2 Å². The molecule has 0 aliphatic rings. The molecule has 0 saturated heterocycles. The Morgan fingerprint density at radius 1 is 1.29 bits per heavy atom. The van der Waals surface area contributed by atoms with E-state index in [1.165, 1.54) is 0 Å². The van der Waals surface area contributed by atoms with Crippen molar-refractivity contribution < 1.29 is 18.3 Å². The van der Waals surface area contributed by atoms with E-state index >= 15 is 0 Å². The minimum absolute atomic E-state index is 0.0671. The van der Waals surface area contributed by atoms with Crippen LogP contribution in [0.5, 0.6) is 0 Å². The molecule has 0 unspecified atom stereocenters. The number of halogens is 2. The van der Waals surface area contributed by atoms with E-state index < -0.39 is 23.2 Å². The van der Waals surface area contributed by atoms with Crippen LogP contribution < -0.4 is 5.73 Å². The molecule has 2 N–H and O–H groups in total. The first-order valence-electron chi connectivity index (χ1n) is 5.48. The van der Waals surface area contributed by atoms with E-state index in [1.807, 2.05) is 6.92 Å². The molecule has 0 aromatic heterocycles. The van der Waals surface area contributed by atoms with Crippen LogP contribution in [-0.4, -0.2) is 12.6 Å². The maximum atomic E-state index is 13.3. The van der Waals surface area contributed by atoms with Gasteiger partial charge in [-0.15, -0.1) is 0 Å². The average molecular weight is 243 g/mol. The summed E-state index contributed by atoms with van der Waals surface area (Å²) in [5.41, 5.74) is 4.48. The molecule has 94 valence electrons. The zero-order chi connectivity index (χ0) is 12.8. The zero-order valence-electron chi connectivity index (χ0n) is 9.63. The molecule has 0 fully saturated rings. The molecule has 0 heterocycles. The lowest BCUT2D eigenvalue weighted by atomic mass is 10.2. The van der Waals surface area contributed by atoms with Crippen LogP contribution in [0, 0.1) is 11.6 Å². The van der Waals surface area contributed by atoms with Gasteiger partial charge in [0, 0.05) is 5.69 Å². The number of benzene rings is 1. The van der Waals surface area contributed by atoms with Gasteiger partial charge in [-0.25, -0.2) is 13.6 Å². The lowest BCUT2D eigenvalue weighted by molar-refractivity contribution is 0.0487. The molecular weight excluding hydrogens is 228 g/mol. The molecule has 0 atom stereocenters. The Morgan fingerprint density at radius 2 is 1.88 bits per heavy atom. The highest BCUT2D eigenvalue weighted by Gasteiger charge is 2.19. The van der Waals surface area contributed by atoms with E-state index in [0.29, 0.717) is 6.42 Å². The summed E-state index contributed by atoms with van der Waals surface area (Å²) in [5, 5.41) is 0. The highest BCUT2D eigenvalue weighted by atomic mass is 19.1. The fraction of sp³-hybridized carbons (Fsp3) is 0.417. The summed E-state index contributed by atoms with van der Waals surface area (Å²) in [6, 6.07) is 1.79. The van der Waals surface area contributed by atoms with Gasteiger partial charge in [0.05, 0.1) is 6.61 Å². The number of nitrogens with two attached hydrogens (primary N) is 1. The van der Waals surface area contributed by atoms with Gasteiger partial charge in [-0.3, -0.25) is 0 Å². The van der Waals surface area contributed by atoms with Gasteiger partial charge < -0.3 is 10.5 Å². The predicted molar refractivity (Wildman–Crippen MR) is 60.6 cm³/mol. The first-order chi connectivity index (χ1) is 8.06. The minimum Gasteiger partial charge on any atom is -0.462 e. The number of carbonyl (C=O) groups is 1. The van der Waals surface area contributed by atoms with Gasteiger partial charge in [0.25, 0.3) is 0 Å². The number of nitrogen functional groups attached to an aromatic ring is 1. The van der Waals surface area contributed by atoms with Gasteiger partial charge in [0.2, 0.25) is 0 Å². The average Bonchev–Trinajstić information content (AvgIpc) is 2.23. The summed E-state index contributed by atoms with van der Waals surface area (Å²) in [6.45, 7) is 2.16. The number of rotatable bonds is 5. The van der Waals surface area contributed by atoms with Gasteiger partial charge >= 0.3 is 5.97 Å². The lowest BCUT2D eigenvalue weighted by Gasteiger charge is -2.07. The van der Waals surface area contributed by atoms with E-state index in [4.69, 9.17) is 10.5 Å². The number of esters is 1. The standard InChI is InChI=1S/C12H15F2NO2/c1-2-3-4-5-17-12(16)11-9(13)6-8(15)7-10(11)14/h6-7H,2-5,15H2,1H3. The van der Waals surface area contributed by atoms with E-state index in [2.05, 4.69) is 0 Å². The Morgan fingerprint density at radius 3 is 2.41 bits per heavy atom. The van der Waals surface area contributed by atoms with Gasteiger partial charge in [0.15, 0.2) is 0 Å². The maximum Gasteiger partial charge on any atom is 0.344 e. The first-order valence-corrected chi connectivity index (χ1v) is 5.48. The van der Waals surface area contributed by atoms with Gasteiger partial charge in [0.1, 0.15) is 17.2 Å². The Bertz CT molecular complexity index is 384. The molecule has 5 heteroatoms. The molecule has 0 aliphatic carbocycles. The summed E-state index contributed by atoms with van der Waals surface area (Å²) < 4.78 is 31.4. The Balaban J connectivity index is 2.69. The highest BCUT2D eigenvalue weighted by Crippen LogP contribution is 2.17. The number of anilines is 1. The third-order valence-electron chi connectivity index (χ3n) is 2.25. The van der Waals surface area contributed by atoms with Gasteiger partial charge in [-0.05, 0) is 18.6 Å². The second-order valence-corrected chi connectivity index (χ2v) is 3.70. The van der Waals surface area contributed by atoms with E-state index in [0.717, 1.165) is 25.0 Å². The number of carbonyl (C=O) groups excluding carboxylic acids is 1. The molecule has 1 aromatic rings. The number of ether oxygens (including phenoxy) is 1. The van der Waals surface area contributed by atoms with Crippen LogP contribution in [0.2, 0.25) is 0 Å². The minimum atomic E-state index is -0.997. The predicted octanol–water partition coefficient (Wildman–Crippen LogP) is 2.89.